The van der Waals surface area contributed by atoms with Crippen LogP contribution in [0, 0.1) is 6.92 Å². The minimum absolute atomic E-state index is 0.100. The van der Waals surface area contributed by atoms with Crippen LogP contribution in [0.2, 0.25) is 0 Å². The Bertz CT molecular complexity index is 1130. The number of benzene rings is 3. The van der Waals surface area contributed by atoms with E-state index < -0.39 is 0 Å². The quantitative estimate of drug-likeness (QED) is 0.337. The molecule has 0 unspecified atom stereocenters. The van der Waals surface area contributed by atoms with Crippen LogP contribution in [0.1, 0.15) is 65.0 Å². The maximum atomic E-state index is 12.8. The van der Waals surface area contributed by atoms with E-state index in [0.717, 1.165) is 28.9 Å². The lowest BCUT2D eigenvalue weighted by atomic mass is 10.0. The predicted octanol–water partition coefficient (Wildman–Crippen LogP) is 7.15. The molecule has 1 N–H and O–H groups in total. The summed E-state index contributed by atoms with van der Waals surface area (Å²) in [4.78, 5) is 27.3. The molecule has 1 saturated heterocycles. The molecule has 0 radical (unpaired) electrons. The third-order valence-electron chi connectivity index (χ3n) is 6.14. The van der Waals surface area contributed by atoms with Crippen molar-refractivity contribution in [3.05, 3.63) is 95.1 Å². The van der Waals surface area contributed by atoms with Gasteiger partial charge < -0.3 is 5.32 Å². The van der Waals surface area contributed by atoms with E-state index in [4.69, 9.17) is 0 Å². The first kappa shape index (κ1) is 24.1. The van der Waals surface area contributed by atoms with Gasteiger partial charge in [0.15, 0.2) is 0 Å². The zero-order valence-electron chi connectivity index (χ0n) is 19.9. The number of unbranched alkanes of at least 4 members (excludes halogenated alkanes) is 3. The first-order valence-electron chi connectivity index (χ1n) is 12.1. The topological polar surface area (TPSA) is 49.4 Å². The molecule has 4 nitrogen and oxygen atoms in total. The number of thioether (sulfide) groups is 1. The molecule has 1 fully saturated rings. The molecule has 0 aromatic heterocycles. The molecule has 0 bridgehead atoms. The van der Waals surface area contributed by atoms with E-state index in [1.807, 2.05) is 72.5 Å². The molecule has 1 atom stereocenters. The third kappa shape index (κ3) is 5.89. The minimum atomic E-state index is -0.125. The van der Waals surface area contributed by atoms with E-state index in [9.17, 15) is 9.59 Å². The zero-order valence-corrected chi connectivity index (χ0v) is 20.7. The van der Waals surface area contributed by atoms with Gasteiger partial charge in [-0.3, -0.25) is 14.5 Å². The number of amides is 2. The maximum Gasteiger partial charge on any atom is 0.255 e. The number of hydrogen-bond donors (Lipinski definition) is 1. The smallest absolute Gasteiger partial charge is 0.255 e. The third-order valence-corrected chi connectivity index (χ3v) is 7.36. The molecule has 0 aliphatic carbocycles. The summed E-state index contributed by atoms with van der Waals surface area (Å²) in [5.74, 6) is 0.420. The van der Waals surface area contributed by atoms with Crippen LogP contribution in [-0.4, -0.2) is 17.6 Å². The Balaban J connectivity index is 1.43. The number of anilines is 2. The van der Waals surface area contributed by atoms with E-state index in [-0.39, 0.29) is 17.2 Å². The summed E-state index contributed by atoms with van der Waals surface area (Å²) in [6.07, 6.45) is 6.00. The van der Waals surface area contributed by atoms with Crippen molar-refractivity contribution in [3.8, 4) is 0 Å². The molecule has 1 heterocycles. The van der Waals surface area contributed by atoms with Gasteiger partial charge in [-0.2, -0.15) is 0 Å². The number of nitrogens with one attached hydrogen (secondary N) is 1. The molecule has 5 heteroatoms. The van der Waals surface area contributed by atoms with E-state index in [1.165, 1.54) is 31.2 Å². The number of carbonyl (C=O) groups excluding carboxylic acids is 2. The van der Waals surface area contributed by atoms with Crippen molar-refractivity contribution < 1.29 is 9.59 Å². The van der Waals surface area contributed by atoms with Crippen molar-refractivity contribution in [2.75, 3.05) is 16.0 Å². The van der Waals surface area contributed by atoms with E-state index in [0.29, 0.717) is 11.3 Å². The van der Waals surface area contributed by atoms with Crippen LogP contribution in [0.25, 0.3) is 0 Å². The Hall–Kier alpha value is -3.05. The van der Waals surface area contributed by atoms with Crippen molar-refractivity contribution in [1.82, 2.24) is 0 Å². The predicted molar refractivity (Wildman–Crippen MR) is 143 cm³/mol. The van der Waals surface area contributed by atoms with Crippen LogP contribution in [-0.2, 0) is 11.2 Å². The Morgan fingerprint density at radius 1 is 1.00 bits per heavy atom. The molecule has 3 aromatic carbocycles. The lowest BCUT2D eigenvalue weighted by molar-refractivity contribution is -0.115. The van der Waals surface area contributed by atoms with Crippen LogP contribution in [0.15, 0.2) is 72.8 Å². The van der Waals surface area contributed by atoms with Crippen LogP contribution in [0.4, 0.5) is 11.4 Å². The first-order valence-corrected chi connectivity index (χ1v) is 13.1. The molecule has 4 rings (SSSR count). The molecular formula is C29H32N2O2S. The average molecular weight is 473 g/mol. The van der Waals surface area contributed by atoms with Gasteiger partial charge in [0.2, 0.25) is 5.91 Å². The van der Waals surface area contributed by atoms with E-state index in [1.54, 1.807) is 11.8 Å². The maximum absolute atomic E-state index is 12.8. The number of nitrogens with zero attached hydrogens (tertiary/aromatic N) is 1. The molecule has 1 aliphatic heterocycles. The highest BCUT2D eigenvalue weighted by molar-refractivity contribution is 8.00. The Morgan fingerprint density at radius 2 is 1.76 bits per heavy atom. The van der Waals surface area contributed by atoms with Gasteiger partial charge in [-0.15, -0.1) is 11.8 Å². The highest BCUT2D eigenvalue weighted by atomic mass is 32.2. The fourth-order valence-corrected chi connectivity index (χ4v) is 5.37. The van der Waals surface area contributed by atoms with E-state index >= 15 is 0 Å². The van der Waals surface area contributed by atoms with Crippen molar-refractivity contribution in [2.24, 2.45) is 0 Å². The van der Waals surface area contributed by atoms with Crippen LogP contribution >= 0.6 is 11.8 Å². The molecule has 0 saturated carbocycles. The number of carbonyl (C=O) groups is 2. The number of rotatable bonds is 9. The Kier molecular flexibility index (Phi) is 8.07. The standard InChI is InChI=1S/C29H32N2O2S/c1-3-4-5-6-8-22-13-15-23(16-14-22)28(33)30-25-10-7-9-24(19-25)29-31(27(32)20-34-29)26-17-11-21(2)12-18-26/h7,9-19,29H,3-6,8,20H2,1-2H3,(H,30,33)/t29-/m0/s1. The largest absolute Gasteiger partial charge is 0.322 e. The van der Waals surface area contributed by atoms with Gasteiger partial charge in [0, 0.05) is 16.9 Å². The summed E-state index contributed by atoms with van der Waals surface area (Å²) in [5.41, 5.74) is 5.71. The summed E-state index contributed by atoms with van der Waals surface area (Å²) in [5, 5.41) is 2.91. The zero-order chi connectivity index (χ0) is 23.9. The second kappa shape index (κ2) is 11.4. The van der Waals surface area contributed by atoms with Crippen molar-refractivity contribution in [2.45, 2.75) is 51.3 Å². The minimum Gasteiger partial charge on any atom is -0.322 e. The van der Waals surface area contributed by atoms with Crippen molar-refractivity contribution in [1.29, 1.82) is 0 Å². The van der Waals surface area contributed by atoms with Gasteiger partial charge >= 0.3 is 0 Å². The summed E-state index contributed by atoms with van der Waals surface area (Å²) in [6, 6.07) is 23.7. The van der Waals surface area contributed by atoms with Crippen LogP contribution < -0.4 is 10.2 Å². The summed E-state index contributed by atoms with van der Waals surface area (Å²) in [6.45, 7) is 4.25. The lowest BCUT2D eigenvalue weighted by Crippen LogP contribution is -2.27. The molecule has 1 aliphatic rings. The normalized spacial score (nSPS) is 15.5. The molecule has 2 amide bonds. The van der Waals surface area contributed by atoms with Gasteiger partial charge in [-0.05, 0) is 67.3 Å². The van der Waals surface area contributed by atoms with Crippen LogP contribution in [0.3, 0.4) is 0 Å². The van der Waals surface area contributed by atoms with Gasteiger partial charge in [-0.25, -0.2) is 0 Å². The van der Waals surface area contributed by atoms with Crippen LogP contribution in [0.5, 0.6) is 0 Å². The second-order valence-electron chi connectivity index (χ2n) is 8.85. The highest BCUT2D eigenvalue weighted by Crippen LogP contribution is 2.42. The van der Waals surface area contributed by atoms with E-state index in [2.05, 4.69) is 24.4 Å². The van der Waals surface area contributed by atoms with Gasteiger partial charge in [-0.1, -0.05) is 68.1 Å². The summed E-state index contributed by atoms with van der Waals surface area (Å²) >= 11 is 1.61. The highest BCUT2D eigenvalue weighted by Gasteiger charge is 2.34. The first-order chi connectivity index (χ1) is 16.5. The Morgan fingerprint density at radius 3 is 2.50 bits per heavy atom. The molecule has 0 spiro atoms. The fraction of sp³-hybridized carbons (Fsp3) is 0.310. The van der Waals surface area contributed by atoms with Crippen molar-refractivity contribution >= 4 is 35.0 Å². The molecular weight excluding hydrogens is 440 g/mol. The number of hydrogen-bond acceptors (Lipinski definition) is 3. The molecule has 34 heavy (non-hydrogen) atoms. The Labute approximate surface area is 206 Å². The SMILES string of the molecule is CCCCCCc1ccc(C(=O)Nc2cccc([C@@H]3SCC(=O)N3c3ccc(C)cc3)c2)cc1. The molecule has 3 aromatic rings. The fourth-order valence-electron chi connectivity index (χ4n) is 4.21. The summed E-state index contributed by atoms with van der Waals surface area (Å²) in [7, 11) is 0. The monoisotopic (exact) mass is 472 g/mol. The average Bonchev–Trinajstić information content (AvgIpc) is 3.24. The summed E-state index contributed by atoms with van der Waals surface area (Å²) < 4.78 is 0. The van der Waals surface area contributed by atoms with Gasteiger partial charge in [0.05, 0.1) is 5.75 Å². The van der Waals surface area contributed by atoms with Gasteiger partial charge in [0.1, 0.15) is 5.37 Å². The lowest BCUT2D eigenvalue weighted by Gasteiger charge is -2.25. The molecule has 176 valence electrons. The van der Waals surface area contributed by atoms with Gasteiger partial charge in [0.25, 0.3) is 5.91 Å². The van der Waals surface area contributed by atoms with Crippen molar-refractivity contribution in [3.63, 3.8) is 0 Å². The number of aryl methyl sites for hydroxylation is 2. The second-order valence-corrected chi connectivity index (χ2v) is 9.92.